The Morgan fingerprint density at radius 3 is 2.73 bits per heavy atom. The molecule has 3 nitrogen and oxygen atoms in total. The van der Waals surface area contributed by atoms with Gasteiger partial charge in [0.1, 0.15) is 11.3 Å². The molecule has 3 heteroatoms. The first-order valence-corrected chi connectivity index (χ1v) is 4.35. The van der Waals surface area contributed by atoms with Crippen LogP contribution in [-0.4, -0.2) is 20.2 Å². The summed E-state index contributed by atoms with van der Waals surface area (Å²) in [6, 6.07) is 5.18. The molecule has 1 aromatic carbocycles. The van der Waals surface area contributed by atoms with Crippen molar-refractivity contribution in [1.82, 2.24) is 0 Å². The molecule has 0 bridgehead atoms. The predicted molar refractivity (Wildman–Crippen MR) is 57.9 cm³/mol. The number of esters is 1. The molecule has 0 aliphatic rings. The lowest BCUT2D eigenvalue weighted by atomic mass is 10.1. The Kier molecular flexibility index (Phi) is 3.72. The first-order chi connectivity index (χ1) is 7.22. The summed E-state index contributed by atoms with van der Waals surface area (Å²) in [6.45, 7) is 3.47. The van der Waals surface area contributed by atoms with E-state index in [9.17, 15) is 4.79 Å². The van der Waals surface area contributed by atoms with Crippen molar-refractivity contribution < 1.29 is 14.3 Å². The fourth-order valence-electron chi connectivity index (χ4n) is 1.20. The Labute approximate surface area is 88.6 Å². The third kappa shape index (κ3) is 2.48. The van der Waals surface area contributed by atoms with E-state index in [0.717, 1.165) is 5.56 Å². The van der Waals surface area contributed by atoms with Crippen molar-refractivity contribution in [2.75, 3.05) is 14.2 Å². The van der Waals surface area contributed by atoms with Crippen LogP contribution in [0.25, 0.3) is 6.08 Å². The molecule has 0 saturated heterocycles. The smallest absolute Gasteiger partial charge is 0.341 e. The number of carbonyl (C=O) groups is 1. The lowest BCUT2D eigenvalue weighted by Gasteiger charge is -2.06. The number of ether oxygens (including phenoxy) is 2. The summed E-state index contributed by atoms with van der Waals surface area (Å²) in [5, 5.41) is 0. The molecule has 15 heavy (non-hydrogen) atoms. The van der Waals surface area contributed by atoms with E-state index in [0.29, 0.717) is 11.3 Å². The highest BCUT2D eigenvalue weighted by molar-refractivity contribution is 5.93. The van der Waals surface area contributed by atoms with Crippen LogP contribution in [-0.2, 0) is 4.74 Å². The van der Waals surface area contributed by atoms with Gasteiger partial charge in [-0.2, -0.15) is 0 Å². The summed E-state index contributed by atoms with van der Waals surface area (Å²) < 4.78 is 9.69. The van der Waals surface area contributed by atoms with Crippen LogP contribution in [0.15, 0.2) is 30.5 Å². The molecule has 0 atom stereocenters. The highest BCUT2D eigenvalue weighted by atomic mass is 16.5. The molecule has 0 heterocycles. The summed E-state index contributed by atoms with van der Waals surface area (Å²) in [6.07, 6.45) is 1.67. The van der Waals surface area contributed by atoms with Gasteiger partial charge in [0.25, 0.3) is 0 Å². The fraction of sp³-hybridized carbons (Fsp3) is 0.167. The van der Waals surface area contributed by atoms with Crippen molar-refractivity contribution in [2.45, 2.75) is 0 Å². The maximum atomic E-state index is 11.4. The van der Waals surface area contributed by atoms with E-state index in [1.807, 2.05) is 6.07 Å². The van der Waals surface area contributed by atoms with Crippen LogP contribution in [0.5, 0.6) is 5.75 Å². The standard InChI is InChI=1S/C12H12O3/c1-4-5-9-6-7-11(14-2)10(8-9)12(13)15-3/h5-8H,1H2,2-3H3. The molecule has 0 aromatic heterocycles. The largest absolute Gasteiger partial charge is 0.496 e. The molecule has 0 fully saturated rings. The van der Waals surface area contributed by atoms with Gasteiger partial charge in [-0.05, 0) is 23.8 Å². The lowest BCUT2D eigenvalue weighted by Crippen LogP contribution is -2.04. The zero-order valence-electron chi connectivity index (χ0n) is 8.74. The van der Waals surface area contributed by atoms with Crippen LogP contribution < -0.4 is 4.74 Å². The molecule has 0 aliphatic carbocycles. The lowest BCUT2D eigenvalue weighted by molar-refractivity contribution is 0.0597. The van der Waals surface area contributed by atoms with Gasteiger partial charge >= 0.3 is 5.97 Å². The molecule has 0 amide bonds. The molecule has 0 unspecified atom stereocenters. The third-order valence-corrected chi connectivity index (χ3v) is 1.90. The van der Waals surface area contributed by atoms with Crippen molar-refractivity contribution in [2.24, 2.45) is 0 Å². The third-order valence-electron chi connectivity index (χ3n) is 1.90. The second kappa shape index (κ2) is 5.03. The molecule has 1 aromatic rings. The van der Waals surface area contributed by atoms with Gasteiger partial charge in [0.15, 0.2) is 0 Å². The normalized spacial score (nSPS) is 8.93. The van der Waals surface area contributed by atoms with Crippen LogP contribution in [0, 0.1) is 0 Å². The Hall–Kier alpha value is -1.99. The molecular weight excluding hydrogens is 192 g/mol. The van der Waals surface area contributed by atoms with Crippen molar-refractivity contribution >= 4 is 12.0 Å². The van der Waals surface area contributed by atoms with Crippen LogP contribution in [0.2, 0.25) is 0 Å². The van der Waals surface area contributed by atoms with Gasteiger partial charge in [0, 0.05) is 0 Å². The average molecular weight is 204 g/mol. The minimum absolute atomic E-state index is 0.393. The number of methoxy groups -OCH3 is 2. The van der Waals surface area contributed by atoms with Gasteiger partial charge < -0.3 is 9.47 Å². The molecule has 0 saturated carbocycles. The summed E-state index contributed by atoms with van der Waals surface area (Å²) in [7, 11) is 2.84. The minimum Gasteiger partial charge on any atom is -0.496 e. The van der Waals surface area contributed by atoms with Gasteiger partial charge in [0.2, 0.25) is 0 Å². The quantitative estimate of drug-likeness (QED) is 0.559. The average Bonchev–Trinajstić information content (AvgIpc) is 2.28. The number of hydrogen-bond acceptors (Lipinski definition) is 3. The van der Waals surface area contributed by atoms with E-state index in [1.165, 1.54) is 14.2 Å². The van der Waals surface area contributed by atoms with Gasteiger partial charge in [0.05, 0.1) is 14.2 Å². The number of benzene rings is 1. The molecule has 0 spiro atoms. The van der Waals surface area contributed by atoms with Crippen LogP contribution in [0.1, 0.15) is 15.9 Å². The summed E-state index contributed by atoms with van der Waals surface area (Å²) in [5.41, 5.74) is 3.86. The number of hydrogen-bond donors (Lipinski definition) is 0. The summed E-state index contributed by atoms with van der Waals surface area (Å²) in [4.78, 5) is 11.4. The van der Waals surface area contributed by atoms with Gasteiger partial charge in [-0.25, -0.2) is 4.79 Å². The zero-order chi connectivity index (χ0) is 11.3. The van der Waals surface area contributed by atoms with Crippen molar-refractivity contribution in [3.63, 3.8) is 0 Å². The maximum Gasteiger partial charge on any atom is 0.341 e. The van der Waals surface area contributed by atoms with Crippen molar-refractivity contribution in [3.8, 4) is 5.75 Å². The van der Waals surface area contributed by atoms with Crippen LogP contribution >= 0.6 is 0 Å². The minimum atomic E-state index is -0.425. The SMILES string of the molecule is C=C=Cc1ccc(OC)c(C(=O)OC)c1. The maximum absolute atomic E-state index is 11.4. The van der Waals surface area contributed by atoms with E-state index in [4.69, 9.17) is 4.74 Å². The van der Waals surface area contributed by atoms with E-state index in [1.54, 1.807) is 18.2 Å². The van der Waals surface area contributed by atoms with Crippen molar-refractivity contribution in [1.29, 1.82) is 0 Å². The van der Waals surface area contributed by atoms with Gasteiger partial charge in [-0.3, -0.25) is 0 Å². The molecule has 0 radical (unpaired) electrons. The molecular formula is C12H12O3. The molecule has 1 rings (SSSR count). The van der Waals surface area contributed by atoms with E-state index >= 15 is 0 Å². The van der Waals surface area contributed by atoms with Crippen molar-refractivity contribution in [3.05, 3.63) is 41.6 Å². The van der Waals surface area contributed by atoms with Gasteiger partial charge in [-0.15, -0.1) is 5.73 Å². The Balaban J connectivity index is 3.24. The van der Waals surface area contributed by atoms with E-state index in [2.05, 4.69) is 17.0 Å². The Morgan fingerprint density at radius 2 is 2.20 bits per heavy atom. The van der Waals surface area contributed by atoms with Crippen LogP contribution in [0.3, 0.4) is 0 Å². The topological polar surface area (TPSA) is 35.5 Å². The first kappa shape index (κ1) is 11.1. The second-order valence-corrected chi connectivity index (χ2v) is 2.80. The molecule has 0 N–H and O–H groups in total. The van der Waals surface area contributed by atoms with E-state index in [-0.39, 0.29) is 0 Å². The fourth-order valence-corrected chi connectivity index (χ4v) is 1.20. The Bertz CT molecular complexity index is 415. The van der Waals surface area contributed by atoms with E-state index < -0.39 is 5.97 Å². The Morgan fingerprint density at radius 1 is 1.47 bits per heavy atom. The molecule has 0 aliphatic heterocycles. The number of rotatable bonds is 3. The monoisotopic (exact) mass is 204 g/mol. The van der Waals surface area contributed by atoms with Gasteiger partial charge in [-0.1, -0.05) is 12.6 Å². The zero-order valence-corrected chi connectivity index (χ0v) is 8.74. The second-order valence-electron chi connectivity index (χ2n) is 2.80. The predicted octanol–water partition coefficient (Wildman–Crippen LogP) is 2.28. The highest BCUT2D eigenvalue weighted by Gasteiger charge is 2.12. The summed E-state index contributed by atoms with van der Waals surface area (Å²) >= 11 is 0. The molecule has 78 valence electrons. The highest BCUT2D eigenvalue weighted by Crippen LogP contribution is 2.21. The van der Waals surface area contributed by atoms with Crippen LogP contribution in [0.4, 0.5) is 0 Å². The first-order valence-electron chi connectivity index (χ1n) is 4.35. The summed E-state index contributed by atoms with van der Waals surface area (Å²) in [5.74, 6) is 0.0641. The number of carbonyl (C=O) groups excluding carboxylic acids is 1.